The summed E-state index contributed by atoms with van der Waals surface area (Å²) in [5, 5.41) is 12.0. The Morgan fingerprint density at radius 1 is 0.714 bits per heavy atom. The molecule has 3 rings (SSSR count). The van der Waals surface area contributed by atoms with Crippen LogP contribution in [0.1, 0.15) is 31.8 Å². The first-order valence-electron chi connectivity index (χ1n) is 11.5. The molecule has 0 saturated carbocycles. The van der Waals surface area contributed by atoms with E-state index in [2.05, 4.69) is 5.32 Å². The molecule has 3 aromatic carbocycles. The molecule has 1 amide bonds. The molecule has 0 aliphatic carbocycles. The molecule has 15 heteroatoms. The monoisotopic (exact) mass is 599 g/mol. The zero-order chi connectivity index (χ0) is 31.2. The van der Waals surface area contributed by atoms with Gasteiger partial charge in [-0.15, -0.1) is 0 Å². The number of anilines is 1. The van der Waals surface area contributed by atoms with Gasteiger partial charge in [0.05, 0.1) is 35.1 Å². The van der Waals surface area contributed by atoms with Crippen molar-refractivity contribution in [2.45, 2.75) is 24.6 Å². The van der Waals surface area contributed by atoms with Crippen LogP contribution in [0.4, 0.5) is 32.0 Å². The van der Waals surface area contributed by atoms with Crippen LogP contribution in [0.3, 0.4) is 0 Å². The molecule has 0 aliphatic heterocycles. The van der Waals surface area contributed by atoms with Gasteiger partial charge in [0, 0.05) is 0 Å². The number of alkyl halides is 6. The summed E-state index contributed by atoms with van der Waals surface area (Å²) in [4.78, 5) is 50.8. The predicted octanol–water partition coefficient (Wildman–Crippen LogP) is 5.21. The number of hydrogen-bond acceptors (Lipinski definition) is 7. The molecular weight excluding hydrogens is 580 g/mol. The second-order valence-corrected chi connectivity index (χ2v) is 8.34. The largest absolute Gasteiger partial charge is 0.495 e. The Balaban J connectivity index is 1.99. The van der Waals surface area contributed by atoms with Gasteiger partial charge in [0.2, 0.25) is 12.2 Å². The van der Waals surface area contributed by atoms with Gasteiger partial charge in [-0.05, 0) is 48.5 Å². The maximum atomic E-state index is 13.2. The van der Waals surface area contributed by atoms with E-state index in [1.165, 1.54) is 31.4 Å². The fraction of sp³-hybridized carbons (Fsp3) is 0.185. The van der Waals surface area contributed by atoms with Gasteiger partial charge in [-0.2, -0.15) is 26.3 Å². The lowest BCUT2D eigenvalue weighted by molar-refractivity contribution is -0.157. The van der Waals surface area contributed by atoms with Crippen molar-refractivity contribution in [3.63, 3.8) is 0 Å². The zero-order valence-corrected chi connectivity index (χ0v) is 21.2. The Bertz CT molecular complexity index is 1490. The summed E-state index contributed by atoms with van der Waals surface area (Å²) in [6, 6.07) is 11.1. The average Bonchev–Trinajstić information content (AvgIpc) is 2.94. The van der Waals surface area contributed by atoms with Crippen LogP contribution < -0.4 is 10.1 Å². The first-order valence-corrected chi connectivity index (χ1v) is 11.5. The van der Waals surface area contributed by atoms with Crippen molar-refractivity contribution in [1.82, 2.24) is 0 Å². The number of amides is 1. The molecule has 0 unspecified atom stereocenters. The number of hydrogen-bond donors (Lipinski definition) is 2. The van der Waals surface area contributed by atoms with E-state index in [0.29, 0.717) is 24.3 Å². The number of carbonyl (C=O) groups excluding carboxylic acids is 3. The first kappa shape index (κ1) is 31.4. The third-order valence-corrected chi connectivity index (χ3v) is 5.46. The van der Waals surface area contributed by atoms with Gasteiger partial charge in [0.25, 0.3) is 5.91 Å². The minimum absolute atomic E-state index is 0.0571. The molecule has 3 aromatic rings. The van der Waals surface area contributed by atoms with Crippen LogP contribution in [0.15, 0.2) is 72.8 Å². The molecule has 0 saturated heterocycles. The second kappa shape index (κ2) is 12.6. The summed E-state index contributed by atoms with van der Waals surface area (Å²) >= 11 is 0. The van der Waals surface area contributed by atoms with E-state index in [-0.39, 0.29) is 11.4 Å². The maximum Gasteiger partial charge on any atom is 0.416 e. The fourth-order valence-electron chi connectivity index (χ4n) is 3.46. The summed E-state index contributed by atoms with van der Waals surface area (Å²) in [5.41, 5.74) is -4.11. The van der Waals surface area contributed by atoms with Crippen LogP contribution in [-0.2, 0) is 31.4 Å². The van der Waals surface area contributed by atoms with Crippen molar-refractivity contribution in [2.75, 3.05) is 12.4 Å². The SMILES string of the molecule is COc1ccccc1NC(=O)[C@@H](OC(=O)c1cccc(C(F)(F)F)c1)[C@@H](OC(=O)c1cccc(C(F)(F)F)c1)C(=O)O. The Morgan fingerprint density at radius 2 is 1.19 bits per heavy atom. The quantitative estimate of drug-likeness (QED) is 0.254. The van der Waals surface area contributed by atoms with Crippen LogP contribution in [0.2, 0.25) is 0 Å². The van der Waals surface area contributed by atoms with E-state index >= 15 is 0 Å². The Labute approximate surface area is 232 Å². The van der Waals surface area contributed by atoms with E-state index < -0.39 is 70.6 Å². The number of benzene rings is 3. The molecule has 0 heterocycles. The summed E-state index contributed by atoms with van der Waals surface area (Å²) in [7, 11) is 1.23. The first-order chi connectivity index (χ1) is 19.6. The van der Waals surface area contributed by atoms with Gasteiger partial charge in [-0.25, -0.2) is 14.4 Å². The van der Waals surface area contributed by atoms with Gasteiger partial charge >= 0.3 is 30.3 Å². The van der Waals surface area contributed by atoms with Crippen molar-refractivity contribution in [1.29, 1.82) is 0 Å². The van der Waals surface area contributed by atoms with Gasteiger partial charge in [-0.3, -0.25) is 4.79 Å². The third kappa shape index (κ3) is 7.77. The summed E-state index contributed by atoms with van der Waals surface area (Å²) < 4.78 is 93.5. The maximum absolute atomic E-state index is 13.2. The lowest BCUT2D eigenvalue weighted by Crippen LogP contribution is -2.48. The van der Waals surface area contributed by atoms with Gasteiger partial charge in [0.15, 0.2) is 0 Å². The smallest absolute Gasteiger partial charge is 0.416 e. The van der Waals surface area contributed by atoms with Crippen molar-refractivity contribution < 1.29 is 64.8 Å². The number of carboxylic acid groups (broad SMARTS) is 1. The van der Waals surface area contributed by atoms with E-state index in [1.807, 2.05) is 0 Å². The van der Waals surface area contributed by atoms with Gasteiger partial charge < -0.3 is 24.6 Å². The highest BCUT2D eigenvalue weighted by atomic mass is 19.4. The number of esters is 2. The van der Waals surface area contributed by atoms with E-state index in [0.717, 1.165) is 24.3 Å². The highest BCUT2D eigenvalue weighted by molar-refractivity contribution is 6.02. The molecule has 9 nitrogen and oxygen atoms in total. The lowest BCUT2D eigenvalue weighted by atomic mass is 10.1. The molecule has 0 bridgehead atoms. The number of carboxylic acids is 1. The van der Waals surface area contributed by atoms with Crippen LogP contribution >= 0.6 is 0 Å². The highest BCUT2D eigenvalue weighted by Crippen LogP contribution is 2.31. The number of aliphatic carboxylic acids is 1. The van der Waals surface area contributed by atoms with Crippen molar-refractivity contribution in [3.05, 3.63) is 95.1 Å². The van der Waals surface area contributed by atoms with Crippen LogP contribution in [0.5, 0.6) is 5.75 Å². The van der Waals surface area contributed by atoms with Crippen molar-refractivity contribution in [2.24, 2.45) is 0 Å². The van der Waals surface area contributed by atoms with E-state index in [1.54, 1.807) is 0 Å². The number of carbonyl (C=O) groups is 4. The summed E-state index contributed by atoms with van der Waals surface area (Å²) in [5.74, 6) is -6.69. The lowest BCUT2D eigenvalue weighted by Gasteiger charge is -2.24. The van der Waals surface area contributed by atoms with Gasteiger partial charge in [-0.1, -0.05) is 24.3 Å². The van der Waals surface area contributed by atoms with E-state index in [4.69, 9.17) is 14.2 Å². The number of rotatable bonds is 9. The summed E-state index contributed by atoms with van der Waals surface area (Å²) in [6.45, 7) is 0. The second-order valence-electron chi connectivity index (χ2n) is 8.34. The molecule has 0 radical (unpaired) electrons. The number of para-hydroxylation sites is 2. The number of halogens is 6. The van der Waals surface area contributed by atoms with Crippen molar-refractivity contribution in [3.8, 4) is 5.75 Å². The third-order valence-electron chi connectivity index (χ3n) is 5.46. The number of nitrogens with one attached hydrogen (secondary N) is 1. The standard InChI is InChI=1S/C27H19F6NO8/c1-40-19-11-3-2-10-18(19)34-22(35)20(41-24(38)14-6-4-8-16(12-14)26(28,29)30)21(23(36)37)42-25(39)15-7-5-9-17(13-15)27(31,32)33/h2-13,20-21H,1H3,(H,34,35)(H,36,37)/t20-,21+/m0/s1. The molecule has 222 valence electrons. The highest BCUT2D eigenvalue weighted by Gasteiger charge is 2.42. The molecule has 2 atom stereocenters. The van der Waals surface area contributed by atoms with Crippen LogP contribution in [0, 0.1) is 0 Å². The minimum Gasteiger partial charge on any atom is -0.495 e. The minimum atomic E-state index is -4.87. The number of ether oxygens (including phenoxy) is 3. The van der Waals surface area contributed by atoms with E-state index in [9.17, 15) is 50.6 Å². The molecule has 2 N–H and O–H groups in total. The molecule has 0 aromatic heterocycles. The predicted molar refractivity (Wildman–Crippen MR) is 131 cm³/mol. The molecular formula is C27H19F6NO8. The molecule has 0 aliphatic rings. The van der Waals surface area contributed by atoms with Crippen LogP contribution in [0.25, 0.3) is 0 Å². The molecule has 0 spiro atoms. The van der Waals surface area contributed by atoms with Gasteiger partial charge in [0.1, 0.15) is 5.75 Å². The fourth-order valence-corrected chi connectivity index (χ4v) is 3.46. The van der Waals surface area contributed by atoms with Crippen LogP contribution in [-0.4, -0.2) is 48.2 Å². The Hall–Kier alpha value is -5.08. The van der Waals surface area contributed by atoms with Crippen molar-refractivity contribution >= 4 is 29.5 Å². The molecule has 0 fully saturated rings. The number of methoxy groups -OCH3 is 1. The molecule has 42 heavy (non-hydrogen) atoms. The normalized spacial score (nSPS) is 12.9. The Morgan fingerprint density at radius 3 is 1.64 bits per heavy atom. The zero-order valence-electron chi connectivity index (χ0n) is 21.2. The average molecular weight is 599 g/mol. The summed E-state index contributed by atoms with van der Waals surface area (Å²) in [6.07, 6.45) is -15.0. The topological polar surface area (TPSA) is 128 Å². The Kier molecular flexibility index (Phi) is 9.45.